The summed E-state index contributed by atoms with van der Waals surface area (Å²) in [6.45, 7) is 5.35. The van der Waals surface area contributed by atoms with Crippen molar-refractivity contribution in [3.63, 3.8) is 0 Å². The molecule has 0 aliphatic heterocycles. The standard InChI is InChI=1S/C19H24ClN3O3/c1-19(2,3)26-18(25)13-7-6-11(14(9-21)16(13)23)17(24)12-5-4-10(20)8-15(12)22/h4-8,17,24H,9,21-23H2,1-3H3. The van der Waals surface area contributed by atoms with E-state index in [2.05, 4.69) is 0 Å². The van der Waals surface area contributed by atoms with Crippen molar-refractivity contribution in [2.24, 2.45) is 5.73 Å². The Morgan fingerprint density at radius 2 is 1.81 bits per heavy atom. The smallest absolute Gasteiger partial charge is 0.340 e. The van der Waals surface area contributed by atoms with Crippen molar-refractivity contribution in [2.45, 2.75) is 39.0 Å². The summed E-state index contributed by atoms with van der Waals surface area (Å²) >= 11 is 5.91. The number of aliphatic hydroxyl groups excluding tert-OH is 1. The number of rotatable bonds is 4. The lowest BCUT2D eigenvalue weighted by atomic mass is 9.92. The van der Waals surface area contributed by atoms with Crippen LogP contribution in [0.1, 0.15) is 53.9 Å². The first-order valence-electron chi connectivity index (χ1n) is 8.12. The van der Waals surface area contributed by atoms with E-state index in [4.69, 9.17) is 33.5 Å². The van der Waals surface area contributed by atoms with Gasteiger partial charge in [-0.05, 0) is 50.1 Å². The second-order valence-electron chi connectivity index (χ2n) is 6.98. The molecule has 0 heterocycles. The minimum absolute atomic E-state index is 0.0440. The van der Waals surface area contributed by atoms with E-state index in [1.165, 1.54) is 6.07 Å². The Kier molecular flexibility index (Phi) is 5.81. The molecule has 0 amide bonds. The van der Waals surface area contributed by atoms with Crippen LogP contribution in [-0.4, -0.2) is 16.7 Å². The molecule has 0 saturated heterocycles. The highest BCUT2D eigenvalue weighted by Crippen LogP contribution is 2.34. The number of anilines is 2. The van der Waals surface area contributed by atoms with Crippen LogP contribution in [0.3, 0.4) is 0 Å². The normalized spacial score (nSPS) is 12.7. The van der Waals surface area contributed by atoms with Crippen molar-refractivity contribution >= 4 is 28.9 Å². The van der Waals surface area contributed by atoms with Gasteiger partial charge in [0.05, 0.1) is 11.3 Å². The number of aliphatic hydroxyl groups is 1. The van der Waals surface area contributed by atoms with Crippen molar-refractivity contribution in [3.05, 3.63) is 57.6 Å². The quantitative estimate of drug-likeness (QED) is 0.479. The van der Waals surface area contributed by atoms with Gasteiger partial charge < -0.3 is 27.0 Å². The molecule has 0 fully saturated rings. The Hall–Kier alpha value is -2.28. The van der Waals surface area contributed by atoms with E-state index in [1.54, 1.807) is 45.0 Å². The maximum Gasteiger partial charge on any atom is 0.340 e. The van der Waals surface area contributed by atoms with Gasteiger partial charge >= 0.3 is 5.97 Å². The summed E-state index contributed by atoms with van der Waals surface area (Å²) in [5.74, 6) is -0.545. The van der Waals surface area contributed by atoms with Gasteiger partial charge in [0.25, 0.3) is 0 Å². The highest BCUT2D eigenvalue weighted by molar-refractivity contribution is 6.30. The molecule has 7 N–H and O–H groups in total. The summed E-state index contributed by atoms with van der Waals surface area (Å²) < 4.78 is 5.36. The first-order chi connectivity index (χ1) is 12.0. The molecule has 0 aliphatic rings. The average Bonchev–Trinajstić information content (AvgIpc) is 2.52. The molecular formula is C19H24ClN3O3. The molecule has 7 heteroatoms. The number of esters is 1. The van der Waals surface area contributed by atoms with Gasteiger partial charge in [-0.15, -0.1) is 0 Å². The van der Waals surface area contributed by atoms with Gasteiger partial charge in [0.1, 0.15) is 11.7 Å². The molecule has 6 nitrogen and oxygen atoms in total. The van der Waals surface area contributed by atoms with E-state index in [0.29, 0.717) is 27.4 Å². The Morgan fingerprint density at radius 3 is 2.35 bits per heavy atom. The SMILES string of the molecule is CC(C)(C)OC(=O)c1ccc(C(O)c2ccc(Cl)cc2N)c(CN)c1N. The third-order valence-corrected chi connectivity index (χ3v) is 4.09. The van der Waals surface area contributed by atoms with Crippen LogP contribution in [0.15, 0.2) is 30.3 Å². The average molecular weight is 378 g/mol. The van der Waals surface area contributed by atoms with Crippen molar-refractivity contribution in [2.75, 3.05) is 11.5 Å². The fraction of sp³-hybridized carbons (Fsp3) is 0.316. The number of hydrogen-bond donors (Lipinski definition) is 4. The molecule has 0 aliphatic carbocycles. The number of nitrogens with two attached hydrogens (primary N) is 3. The summed E-state index contributed by atoms with van der Waals surface area (Å²) in [5.41, 5.74) is 19.5. The molecule has 26 heavy (non-hydrogen) atoms. The molecule has 140 valence electrons. The summed E-state index contributed by atoms with van der Waals surface area (Å²) in [6, 6.07) is 7.96. The van der Waals surface area contributed by atoms with Crippen LogP contribution in [0.5, 0.6) is 0 Å². The molecule has 1 unspecified atom stereocenters. The maximum absolute atomic E-state index is 12.4. The molecule has 2 aromatic rings. The van der Waals surface area contributed by atoms with Crippen molar-refractivity contribution in [3.8, 4) is 0 Å². The zero-order chi connectivity index (χ0) is 19.6. The fourth-order valence-electron chi connectivity index (χ4n) is 2.64. The lowest BCUT2D eigenvalue weighted by Crippen LogP contribution is -2.25. The number of halogens is 1. The van der Waals surface area contributed by atoms with Gasteiger partial charge in [0.15, 0.2) is 0 Å². The van der Waals surface area contributed by atoms with Crippen LogP contribution in [0, 0.1) is 0 Å². The van der Waals surface area contributed by atoms with Crippen LogP contribution in [0.2, 0.25) is 5.02 Å². The zero-order valence-corrected chi connectivity index (χ0v) is 15.8. The van der Waals surface area contributed by atoms with Gasteiger partial charge in [-0.3, -0.25) is 0 Å². The number of hydrogen-bond acceptors (Lipinski definition) is 6. The molecule has 1 atom stereocenters. The number of nitrogen functional groups attached to an aromatic ring is 2. The monoisotopic (exact) mass is 377 g/mol. The number of benzene rings is 2. The molecule has 0 aromatic heterocycles. The minimum atomic E-state index is -1.05. The van der Waals surface area contributed by atoms with Gasteiger partial charge in [-0.2, -0.15) is 0 Å². The Bertz CT molecular complexity index is 832. The van der Waals surface area contributed by atoms with Crippen LogP contribution < -0.4 is 17.2 Å². The number of carbonyl (C=O) groups excluding carboxylic acids is 1. The van der Waals surface area contributed by atoms with E-state index >= 15 is 0 Å². The van der Waals surface area contributed by atoms with Gasteiger partial charge in [-0.25, -0.2) is 4.79 Å². The third-order valence-electron chi connectivity index (χ3n) is 3.85. The largest absolute Gasteiger partial charge is 0.456 e. The first kappa shape index (κ1) is 20.0. The van der Waals surface area contributed by atoms with E-state index < -0.39 is 17.7 Å². The Balaban J connectivity index is 2.48. The van der Waals surface area contributed by atoms with Crippen LogP contribution in [-0.2, 0) is 11.3 Å². The predicted octanol–water partition coefficient (Wildman–Crippen LogP) is 3.00. The first-order valence-corrected chi connectivity index (χ1v) is 8.50. The lowest BCUT2D eigenvalue weighted by molar-refractivity contribution is 0.00706. The number of ether oxygens (including phenoxy) is 1. The third kappa shape index (κ3) is 4.27. The van der Waals surface area contributed by atoms with Crippen molar-refractivity contribution in [1.82, 2.24) is 0 Å². The topological polar surface area (TPSA) is 125 Å². The maximum atomic E-state index is 12.4. The molecule has 0 spiro atoms. The summed E-state index contributed by atoms with van der Waals surface area (Å²) in [5, 5.41) is 11.2. The molecule has 2 aromatic carbocycles. The summed E-state index contributed by atoms with van der Waals surface area (Å²) in [4.78, 5) is 12.4. The minimum Gasteiger partial charge on any atom is -0.456 e. The lowest BCUT2D eigenvalue weighted by Gasteiger charge is -2.23. The van der Waals surface area contributed by atoms with Crippen molar-refractivity contribution in [1.29, 1.82) is 0 Å². The Labute approximate surface area is 157 Å². The molecule has 0 radical (unpaired) electrons. The zero-order valence-electron chi connectivity index (χ0n) is 15.0. The van der Waals surface area contributed by atoms with Crippen LogP contribution in [0.4, 0.5) is 11.4 Å². The summed E-state index contributed by atoms with van der Waals surface area (Å²) in [7, 11) is 0. The van der Waals surface area contributed by atoms with Gasteiger partial charge in [0.2, 0.25) is 0 Å². The second-order valence-corrected chi connectivity index (χ2v) is 7.41. The van der Waals surface area contributed by atoms with E-state index in [9.17, 15) is 9.90 Å². The summed E-state index contributed by atoms with van der Waals surface area (Å²) in [6.07, 6.45) is -1.05. The molecular weight excluding hydrogens is 354 g/mol. The van der Waals surface area contributed by atoms with Crippen molar-refractivity contribution < 1.29 is 14.6 Å². The highest BCUT2D eigenvalue weighted by atomic mass is 35.5. The van der Waals surface area contributed by atoms with Crippen LogP contribution in [0.25, 0.3) is 0 Å². The molecule has 2 rings (SSSR count). The van der Waals surface area contributed by atoms with E-state index in [0.717, 1.165) is 0 Å². The van der Waals surface area contributed by atoms with E-state index in [1.807, 2.05) is 0 Å². The molecule has 0 bridgehead atoms. The fourth-order valence-corrected chi connectivity index (χ4v) is 2.82. The second kappa shape index (κ2) is 7.53. The molecule has 0 saturated carbocycles. The van der Waals surface area contributed by atoms with E-state index in [-0.39, 0.29) is 17.8 Å². The van der Waals surface area contributed by atoms with Gasteiger partial charge in [-0.1, -0.05) is 23.7 Å². The van der Waals surface area contributed by atoms with Gasteiger partial charge in [0, 0.05) is 22.8 Å². The highest BCUT2D eigenvalue weighted by Gasteiger charge is 2.24. The predicted molar refractivity (Wildman–Crippen MR) is 104 cm³/mol. The number of carbonyl (C=O) groups is 1. The Morgan fingerprint density at radius 1 is 1.19 bits per heavy atom. The van der Waals surface area contributed by atoms with Crippen LogP contribution >= 0.6 is 11.6 Å².